The number of aryl methyl sites for hydroxylation is 4. The lowest BCUT2D eigenvalue weighted by Gasteiger charge is -2.13. The number of hydrogen-bond donors (Lipinski definition) is 0. The van der Waals surface area contributed by atoms with E-state index in [9.17, 15) is 24.0 Å². The van der Waals surface area contributed by atoms with Gasteiger partial charge in [0.2, 0.25) is 0 Å². The van der Waals surface area contributed by atoms with Gasteiger partial charge in [-0.2, -0.15) is 0 Å². The van der Waals surface area contributed by atoms with Gasteiger partial charge in [-0.1, -0.05) is 108 Å². The first-order valence-corrected chi connectivity index (χ1v) is 21.5. The zero-order chi connectivity index (χ0) is 43.4. The SMILES string of the molecule is CCCCCCCC(=O)c1cc(OC(=O)c2ccc(OC(=O)CCc3ccc(CCC)cc3)cc2)ccc1OC(=O)c1ccc(OC(=O)CCc2ccc(CCC)cc2)cc1. The van der Waals surface area contributed by atoms with Crippen molar-refractivity contribution in [2.24, 2.45) is 0 Å². The number of hydrogen-bond acceptors (Lipinski definition) is 9. The molecule has 0 amide bonds. The summed E-state index contributed by atoms with van der Waals surface area (Å²) in [6, 6.07) is 32.8. The number of carbonyl (C=O) groups excluding carboxylic acids is 5. The molecule has 0 unspecified atom stereocenters. The second kappa shape index (κ2) is 24.0. The smallest absolute Gasteiger partial charge is 0.343 e. The number of ether oxygens (including phenoxy) is 4. The second-order valence-corrected chi connectivity index (χ2v) is 15.2. The Morgan fingerprint density at radius 3 is 1.28 bits per heavy atom. The molecule has 0 fully saturated rings. The molecule has 5 aromatic carbocycles. The van der Waals surface area contributed by atoms with Gasteiger partial charge in [0, 0.05) is 19.3 Å². The molecule has 5 aromatic rings. The Kier molecular flexibility index (Phi) is 18.0. The van der Waals surface area contributed by atoms with E-state index in [0.29, 0.717) is 30.8 Å². The second-order valence-electron chi connectivity index (χ2n) is 15.2. The number of carbonyl (C=O) groups is 5. The van der Waals surface area contributed by atoms with Crippen LogP contribution in [0.5, 0.6) is 23.0 Å². The molecule has 0 aromatic heterocycles. The number of esters is 4. The van der Waals surface area contributed by atoms with Crippen LogP contribution in [0.25, 0.3) is 0 Å². The van der Waals surface area contributed by atoms with Gasteiger partial charge in [0.25, 0.3) is 0 Å². The molecule has 0 radical (unpaired) electrons. The van der Waals surface area contributed by atoms with Crippen LogP contribution >= 0.6 is 0 Å². The van der Waals surface area contributed by atoms with Gasteiger partial charge < -0.3 is 18.9 Å². The van der Waals surface area contributed by atoms with E-state index in [1.165, 1.54) is 77.9 Å². The van der Waals surface area contributed by atoms with Crippen molar-refractivity contribution in [1.82, 2.24) is 0 Å². The summed E-state index contributed by atoms with van der Waals surface area (Å²) in [7, 11) is 0. The van der Waals surface area contributed by atoms with Gasteiger partial charge in [0.15, 0.2) is 5.78 Å². The largest absolute Gasteiger partial charge is 0.427 e. The molecule has 0 N–H and O–H groups in total. The lowest BCUT2D eigenvalue weighted by atomic mass is 10.0. The summed E-state index contributed by atoms with van der Waals surface area (Å²) in [5.41, 5.74) is 5.15. The summed E-state index contributed by atoms with van der Waals surface area (Å²) in [6.45, 7) is 6.39. The van der Waals surface area contributed by atoms with Crippen molar-refractivity contribution in [3.63, 3.8) is 0 Å². The maximum Gasteiger partial charge on any atom is 0.343 e. The molecular formula is C52H56O9. The Balaban J connectivity index is 1.17. The van der Waals surface area contributed by atoms with Crippen molar-refractivity contribution in [1.29, 1.82) is 0 Å². The molecule has 0 saturated heterocycles. The highest BCUT2D eigenvalue weighted by Crippen LogP contribution is 2.29. The van der Waals surface area contributed by atoms with Crippen LogP contribution in [-0.2, 0) is 35.3 Å². The van der Waals surface area contributed by atoms with Crippen LogP contribution in [0, 0.1) is 0 Å². The molecule has 5 rings (SSSR count). The zero-order valence-corrected chi connectivity index (χ0v) is 35.5. The van der Waals surface area contributed by atoms with Crippen LogP contribution in [0.2, 0.25) is 0 Å². The number of ketones is 1. The average Bonchev–Trinajstić information content (AvgIpc) is 3.27. The summed E-state index contributed by atoms with van der Waals surface area (Å²) >= 11 is 0. The summed E-state index contributed by atoms with van der Waals surface area (Å²) in [4.78, 5) is 65.1. The van der Waals surface area contributed by atoms with Crippen LogP contribution in [0.3, 0.4) is 0 Å². The van der Waals surface area contributed by atoms with Crippen molar-refractivity contribution in [3.8, 4) is 23.0 Å². The number of unbranched alkanes of at least 4 members (excludes halogenated alkanes) is 4. The fraction of sp³-hybridized carbons (Fsp3) is 0.327. The minimum Gasteiger partial charge on any atom is -0.427 e. The van der Waals surface area contributed by atoms with E-state index in [1.807, 2.05) is 24.3 Å². The van der Waals surface area contributed by atoms with Crippen LogP contribution in [0.1, 0.15) is 138 Å². The highest BCUT2D eigenvalue weighted by Gasteiger charge is 2.20. The summed E-state index contributed by atoms with van der Waals surface area (Å²) in [6.07, 6.45) is 10.6. The Labute approximate surface area is 359 Å². The summed E-state index contributed by atoms with van der Waals surface area (Å²) in [5.74, 6) is -1.71. The summed E-state index contributed by atoms with van der Waals surface area (Å²) in [5, 5.41) is 0. The number of Topliss-reactive ketones (excluding diaryl/α,β-unsaturated/α-hetero) is 1. The Bertz CT molecular complexity index is 2200. The van der Waals surface area contributed by atoms with E-state index in [2.05, 4.69) is 45.0 Å². The molecule has 0 heterocycles. The average molecular weight is 825 g/mol. The van der Waals surface area contributed by atoms with Gasteiger partial charge in [-0.25, -0.2) is 9.59 Å². The fourth-order valence-corrected chi connectivity index (χ4v) is 6.73. The first-order valence-electron chi connectivity index (χ1n) is 21.5. The van der Waals surface area contributed by atoms with E-state index >= 15 is 0 Å². The van der Waals surface area contributed by atoms with E-state index in [1.54, 1.807) is 0 Å². The third-order valence-electron chi connectivity index (χ3n) is 10.2. The third kappa shape index (κ3) is 15.0. The molecule has 0 aliphatic carbocycles. The van der Waals surface area contributed by atoms with Gasteiger partial charge in [-0.3, -0.25) is 14.4 Å². The lowest BCUT2D eigenvalue weighted by Crippen LogP contribution is -2.13. The Hall–Kier alpha value is -6.35. The van der Waals surface area contributed by atoms with E-state index < -0.39 is 11.9 Å². The maximum absolute atomic E-state index is 13.5. The van der Waals surface area contributed by atoms with Crippen molar-refractivity contribution >= 4 is 29.7 Å². The van der Waals surface area contributed by atoms with Gasteiger partial charge in [0.1, 0.15) is 23.0 Å². The molecule has 0 spiro atoms. The van der Waals surface area contributed by atoms with Crippen molar-refractivity contribution in [2.45, 2.75) is 111 Å². The van der Waals surface area contributed by atoms with Gasteiger partial charge in [-0.05, 0) is 121 Å². The first kappa shape index (κ1) is 45.7. The van der Waals surface area contributed by atoms with Crippen LogP contribution < -0.4 is 18.9 Å². The van der Waals surface area contributed by atoms with Crippen molar-refractivity contribution in [3.05, 3.63) is 154 Å². The molecule has 0 saturated carbocycles. The van der Waals surface area contributed by atoms with Crippen LogP contribution in [0.15, 0.2) is 115 Å². The lowest BCUT2D eigenvalue weighted by molar-refractivity contribution is -0.135. The Morgan fingerprint density at radius 2 is 0.820 bits per heavy atom. The van der Waals surface area contributed by atoms with E-state index in [0.717, 1.165) is 62.5 Å². The maximum atomic E-state index is 13.5. The standard InChI is InChI=1S/C52H56O9/c1-4-7-8-9-10-13-47(53)46-36-45(60-51(56)41-24-28-43(29-25-41)58-49(54)34-22-39-18-14-37(11-5-2)15-19-39)32-33-48(46)61-52(57)42-26-30-44(31-27-42)59-50(55)35-23-40-20-16-38(12-6-3)17-21-40/h14-21,24-33,36H,4-13,22-23,34-35H2,1-3H3. The summed E-state index contributed by atoms with van der Waals surface area (Å²) < 4.78 is 22.4. The predicted molar refractivity (Wildman–Crippen MR) is 236 cm³/mol. The first-order chi connectivity index (χ1) is 29.6. The molecular weight excluding hydrogens is 769 g/mol. The van der Waals surface area contributed by atoms with Gasteiger partial charge in [0.05, 0.1) is 16.7 Å². The topological polar surface area (TPSA) is 122 Å². The molecule has 61 heavy (non-hydrogen) atoms. The minimum atomic E-state index is -0.715. The molecule has 0 bridgehead atoms. The molecule has 0 aliphatic rings. The number of rotatable bonds is 23. The molecule has 0 atom stereocenters. The zero-order valence-electron chi connectivity index (χ0n) is 35.5. The molecule has 0 aliphatic heterocycles. The van der Waals surface area contributed by atoms with Crippen LogP contribution in [0.4, 0.5) is 0 Å². The van der Waals surface area contributed by atoms with E-state index in [-0.39, 0.29) is 65.2 Å². The third-order valence-corrected chi connectivity index (χ3v) is 10.2. The quantitative estimate of drug-likeness (QED) is 0.0274. The molecule has 9 nitrogen and oxygen atoms in total. The van der Waals surface area contributed by atoms with E-state index in [4.69, 9.17) is 18.9 Å². The molecule has 318 valence electrons. The highest BCUT2D eigenvalue weighted by molar-refractivity contribution is 6.01. The Morgan fingerprint density at radius 1 is 0.393 bits per heavy atom. The highest BCUT2D eigenvalue weighted by atomic mass is 16.5. The van der Waals surface area contributed by atoms with Gasteiger partial charge >= 0.3 is 23.9 Å². The van der Waals surface area contributed by atoms with Crippen molar-refractivity contribution in [2.75, 3.05) is 0 Å². The number of benzene rings is 5. The monoisotopic (exact) mass is 824 g/mol. The fourth-order valence-electron chi connectivity index (χ4n) is 6.73. The van der Waals surface area contributed by atoms with Crippen LogP contribution in [-0.4, -0.2) is 29.7 Å². The van der Waals surface area contributed by atoms with Gasteiger partial charge in [-0.15, -0.1) is 0 Å². The minimum absolute atomic E-state index is 0.0289. The molecule has 9 heteroatoms. The van der Waals surface area contributed by atoms with Crippen molar-refractivity contribution < 1.29 is 42.9 Å². The normalized spacial score (nSPS) is 10.8. The predicted octanol–water partition coefficient (Wildman–Crippen LogP) is 11.6.